The zero-order valence-corrected chi connectivity index (χ0v) is 33.2. The van der Waals surface area contributed by atoms with Gasteiger partial charge in [-0.3, -0.25) is 9.13 Å². The highest BCUT2D eigenvalue weighted by molar-refractivity contribution is 7.25. The second-order valence-corrected chi connectivity index (χ2v) is 17.2. The van der Waals surface area contributed by atoms with Gasteiger partial charge in [0.25, 0.3) is 0 Å². The van der Waals surface area contributed by atoms with E-state index >= 15 is 0 Å². The third kappa shape index (κ3) is 4.80. The van der Waals surface area contributed by atoms with Crippen LogP contribution in [-0.2, 0) is 0 Å². The van der Waals surface area contributed by atoms with Crippen molar-refractivity contribution in [2.45, 2.75) is 6.17 Å². The number of para-hydroxylation sites is 2. The molecule has 0 radical (unpaired) electrons. The van der Waals surface area contributed by atoms with E-state index in [9.17, 15) is 0 Å². The Hall–Kier alpha value is -7.19. The number of pyridine rings is 2. The predicted molar refractivity (Wildman–Crippen MR) is 242 cm³/mol. The highest BCUT2D eigenvalue weighted by Gasteiger charge is 2.25. The molecule has 3 N–H and O–H groups in total. The minimum atomic E-state index is -0.0354. The number of nitrogens with zero attached hydrogens (tertiary/aromatic N) is 7. The predicted octanol–water partition coefficient (Wildman–Crippen LogP) is 11.3. The Balaban J connectivity index is 1.04. The van der Waals surface area contributed by atoms with E-state index in [2.05, 4.69) is 115 Å². The van der Waals surface area contributed by atoms with Crippen LogP contribution in [0.5, 0.6) is 0 Å². The number of hydrogen-bond donors (Lipinski definition) is 3. The van der Waals surface area contributed by atoms with E-state index in [-0.39, 0.29) is 6.17 Å². The molecule has 0 unspecified atom stereocenters. The van der Waals surface area contributed by atoms with Crippen LogP contribution in [-0.4, -0.2) is 39.0 Å². The van der Waals surface area contributed by atoms with Crippen LogP contribution in [0.4, 0.5) is 0 Å². The molecule has 0 saturated heterocycles. The van der Waals surface area contributed by atoms with Gasteiger partial charge in [-0.2, -0.15) is 0 Å². The topological polar surface area (TPSA) is 114 Å². The normalized spacial score (nSPS) is 13.2. The molecule has 0 atom stereocenters. The lowest BCUT2D eigenvalue weighted by Crippen LogP contribution is -2.20. The Morgan fingerprint density at radius 1 is 0.525 bits per heavy atom. The Kier molecular flexibility index (Phi) is 7.05. The van der Waals surface area contributed by atoms with E-state index in [1.165, 1.54) is 20.2 Å². The number of thiophene rings is 1. The van der Waals surface area contributed by atoms with Crippen LogP contribution in [0.15, 0.2) is 145 Å². The fourth-order valence-corrected chi connectivity index (χ4v) is 11.5. The van der Waals surface area contributed by atoms with Gasteiger partial charge in [0.2, 0.25) is 0 Å². The molecule has 12 aromatic rings. The summed E-state index contributed by atoms with van der Waals surface area (Å²) in [7, 11) is 0. The van der Waals surface area contributed by atoms with Gasteiger partial charge in [0.1, 0.15) is 23.3 Å². The fraction of sp³-hybridized carbons (Fsp3) is 0.0217. The first-order chi connectivity index (χ1) is 29.3. The van der Waals surface area contributed by atoms with E-state index in [0.717, 1.165) is 93.3 Å². The van der Waals surface area contributed by atoms with E-state index < -0.39 is 0 Å². The average Bonchev–Trinajstić information content (AvgIpc) is 4.14. The number of fused-ring (bicyclic) bond motifs is 9. The second kappa shape index (κ2) is 12.7. The number of nitrogens with one attached hydrogen (secondary N) is 3. The number of hydrogen-bond acceptors (Lipinski definition) is 10. The lowest BCUT2D eigenvalue weighted by atomic mass is 10.0. The van der Waals surface area contributed by atoms with Gasteiger partial charge >= 0.3 is 0 Å². The van der Waals surface area contributed by atoms with Crippen LogP contribution < -0.4 is 10.6 Å². The van der Waals surface area contributed by atoms with Crippen molar-refractivity contribution in [1.82, 2.24) is 49.7 Å². The van der Waals surface area contributed by atoms with E-state index in [4.69, 9.17) is 19.9 Å². The van der Waals surface area contributed by atoms with Crippen molar-refractivity contribution >= 4 is 98.1 Å². The van der Waals surface area contributed by atoms with Crippen molar-refractivity contribution in [3.8, 4) is 44.6 Å². The maximum Gasteiger partial charge on any atom is 0.149 e. The quantitative estimate of drug-likeness (QED) is 0.153. The third-order valence-electron chi connectivity index (χ3n) is 11.3. The molecule has 0 amide bonds. The first-order valence-corrected chi connectivity index (χ1v) is 21.6. The molecule has 1 aliphatic heterocycles. The highest BCUT2D eigenvalue weighted by atomic mass is 32.1. The van der Waals surface area contributed by atoms with E-state index in [1.807, 2.05) is 65.5 Å². The van der Waals surface area contributed by atoms with Gasteiger partial charge in [-0.05, 0) is 60.7 Å². The maximum atomic E-state index is 5.00. The van der Waals surface area contributed by atoms with Crippen molar-refractivity contribution in [2.75, 3.05) is 0 Å². The Labute approximate surface area is 346 Å². The molecule has 9 heterocycles. The van der Waals surface area contributed by atoms with Crippen LogP contribution in [0.3, 0.4) is 0 Å². The summed E-state index contributed by atoms with van der Waals surface area (Å²) in [6.45, 7) is 0. The molecule has 1 aliphatic rings. The summed E-state index contributed by atoms with van der Waals surface area (Å²) in [6.07, 6.45) is 11.2. The molecule has 0 bridgehead atoms. The minimum absolute atomic E-state index is 0.0354. The van der Waals surface area contributed by atoms with Crippen LogP contribution in [0.1, 0.15) is 11.0 Å². The maximum absolute atomic E-state index is 5.00. The lowest BCUT2D eigenvalue weighted by Gasteiger charge is -2.14. The minimum Gasteiger partial charge on any atom is -0.366 e. The number of aromatic nitrogens is 8. The van der Waals surface area contributed by atoms with Crippen molar-refractivity contribution in [3.63, 3.8) is 0 Å². The van der Waals surface area contributed by atoms with Gasteiger partial charge in [0.15, 0.2) is 0 Å². The number of rotatable bonds is 6. The number of thiazole rings is 2. The molecular weight excluding hydrogens is 789 g/mol. The smallest absolute Gasteiger partial charge is 0.149 e. The molecule has 10 nitrogen and oxygen atoms in total. The van der Waals surface area contributed by atoms with Crippen molar-refractivity contribution in [3.05, 3.63) is 150 Å². The molecule has 280 valence electrons. The van der Waals surface area contributed by atoms with Crippen molar-refractivity contribution in [1.29, 1.82) is 0 Å². The third-order valence-corrected chi connectivity index (χ3v) is 14.2. The summed E-state index contributed by atoms with van der Waals surface area (Å²) in [4.78, 5) is 29.8. The molecule has 0 aliphatic carbocycles. The Bertz CT molecular complexity index is 3650. The number of benzene rings is 4. The first-order valence-electron chi connectivity index (χ1n) is 19.1. The van der Waals surface area contributed by atoms with Crippen molar-refractivity contribution in [2.24, 2.45) is 0 Å². The van der Waals surface area contributed by atoms with Crippen LogP contribution in [0.2, 0.25) is 0 Å². The highest BCUT2D eigenvalue weighted by Crippen LogP contribution is 2.44. The zero-order valence-electron chi connectivity index (χ0n) is 30.8. The molecule has 59 heavy (non-hydrogen) atoms. The number of aromatic amines is 1. The van der Waals surface area contributed by atoms with E-state index in [1.54, 1.807) is 28.9 Å². The Morgan fingerprint density at radius 3 is 1.75 bits per heavy atom. The number of imidazole rings is 1. The summed E-state index contributed by atoms with van der Waals surface area (Å²) < 4.78 is 7.05. The summed E-state index contributed by atoms with van der Waals surface area (Å²) in [6, 6.07) is 34.9. The average molecular weight is 817 g/mol. The Morgan fingerprint density at radius 2 is 1.12 bits per heavy atom. The fourth-order valence-electron chi connectivity index (χ4n) is 8.85. The molecular formula is C46H28N10S3. The molecule has 8 aromatic heterocycles. The monoisotopic (exact) mass is 816 g/mol. The van der Waals surface area contributed by atoms with Crippen LogP contribution in [0.25, 0.3) is 109 Å². The molecule has 4 aromatic carbocycles. The molecule has 0 saturated carbocycles. The summed E-state index contributed by atoms with van der Waals surface area (Å²) in [5.41, 5.74) is 13.8. The SMILES string of the molecule is C1=CNC(c2scnc2-c2cccc3c4cccnc4n(-c4ccc5sc6ccc(-n7c8ncccc8c8cccc(-c9ncsc9-c9ncc[nH]9)c87)cc6c5c4)c23)N1. The van der Waals surface area contributed by atoms with Crippen molar-refractivity contribution < 1.29 is 0 Å². The van der Waals surface area contributed by atoms with Gasteiger partial charge in [-0.25, -0.2) is 24.9 Å². The lowest BCUT2D eigenvalue weighted by molar-refractivity contribution is 0.619. The van der Waals surface area contributed by atoms with Gasteiger partial charge in [-0.1, -0.05) is 36.4 Å². The largest absolute Gasteiger partial charge is 0.366 e. The van der Waals surface area contributed by atoms with Gasteiger partial charge in [0, 0.05) is 101 Å². The summed E-state index contributed by atoms with van der Waals surface area (Å²) >= 11 is 5.05. The van der Waals surface area contributed by atoms with Crippen LogP contribution in [0, 0.1) is 0 Å². The van der Waals surface area contributed by atoms with Gasteiger partial charge in [0.05, 0.1) is 43.2 Å². The summed E-state index contributed by atoms with van der Waals surface area (Å²) in [5.74, 6) is 0.806. The van der Waals surface area contributed by atoms with Gasteiger partial charge in [-0.15, -0.1) is 34.0 Å². The van der Waals surface area contributed by atoms with E-state index in [0.29, 0.717) is 0 Å². The molecule has 13 rings (SSSR count). The molecule has 0 fully saturated rings. The summed E-state index contributed by atoms with van der Waals surface area (Å²) in [5, 5.41) is 13.7. The second-order valence-electron chi connectivity index (χ2n) is 14.4. The van der Waals surface area contributed by atoms with Crippen LogP contribution >= 0.6 is 34.0 Å². The standard InChI is InChI=1S/C46H28N10S3/c1-5-27-29-9-3-15-51-45(29)55(39(27)31(7-1)37-41(57-23-53-37)43-47-17-18-48-43)25-11-13-35-33(21-25)34-22-26(12-14-36(34)59-35)56-40-28(30-10-4-16-52-46(30)56)6-2-8-32(40)38-42(58-24-54-38)44-49-19-20-50-44/h1-24,43,47-48H,(H,49,50). The first kappa shape index (κ1) is 32.8. The molecule has 0 spiro atoms. The van der Waals surface area contributed by atoms with Gasteiger partial charge < -0.3 is 15.6 Å². The number of H-pyrrole nitrogens is 1. The molecule has 13 heteroatoms. The zero-order chi connectivity index (χ0) is 38.6.